The number of amides is 4. The fourth-order valence-electron chi connectivity index (χ4n) is 3.59. The zero-order valence-corrected chi connectivity index (χ0v) is 18.0. The number of primary amides is 1. The Bertz CT molecular complexity index is 846. The number of hydrogen-bond donors (Lipinski definition) is 4. The van der Waals surface area contributed by atoms with Crippen molar-refractivity contribution in [3.63, 3.8) is 0 Å². The average Bonchev–Trinajstić information content (AvgIpc) is 3.26. The number of likely N-dealkylation sites (tertiary alicyclic amines) is 1. The normalized spacial score (nSPS) is 17.3. The summed E-state index contributed by atoms with van der Waals surface area (Å²) in [6.07, 6.45) is 4.21. The third kappa shape index (κ3) is 7.03. The van der Waals surface area contributed by atoms with Gasteiger partial charge in [0.1, 0.15) is 18.1 Å². The second kappa shape index (κ2) is 11.8. The molecule has 3 atom stereocenters. The zero-order chi connectivity index (χ0) is 23.7. The molecule has 1 aliphatic heterocycles. The Morgan fingerprint density at radius 1 is 1.25 bits per heavy atom. The molecule has 0 aromatic carbocycles. The number of carboxylic acids is 1. The molecule has 0 radical (unpaired) electrons. The van der Waals surface area contributed by atoms with Crippen LogP contribution in [0.3, 0.4) is 0 Å². The average molecular weight is 447 g/mol. The van der Waals surface area contributed by atoms with Crippen LogP contribution >= 0.6 is 0 Å². The van der Waals surface area contributed by atoms with Crippen molar-refractivity contribution in [3.05, 3.63) is 30.1 Å². The van der Waals surface area contributed by atoms with Crippen molar-refractivity contribution in [1.82, 2.24) is 20.5 Å². The monoisotopic (exact) mass is 447 g/mol. The molecular weight excluding hydrogens is 418 g/mol. The lowest BCUT2D eigenvalue weighted by Crippen LogP contribution is -2.56. The summed E-state index contributed by atoms with van der Waals surface area (Å²) < 4.78 is 0. The number of carboxylic acid groups (broad SMARTS) is 1. The third-order valence-corrected chi connectivity index (χ3v) is 5.27. The zero-order valence-electron chi connectivity index (χ0n) is 18.0. The number of nitrogens with one attached hydrogen (secondary N) is 2. The van der Waals surface area contributed by atoms with Crippen LogP contribution in [0.15, 0.2) is 24.5 Å². The highest BCUT2D eigenvalue weighted by atomic mass is 16.4. The minimum Gasteiger partial charge on any atom is -0.480 e. The molecular formula is C21H29N5O6. The number of nitrogens with two attached hydrogens (primary N) is 1. The molecule has 0 bridgehead atoms. The Morgan fingerprint density at radius 3 is 2.59 bits per heavy atom. The molecule has 4 amide bonds. The predicted molar refractivity (Wildman–Crippen MR) is 113 cm³/mol. The van der Waals surface area contributed by atoms with Crippen molar-refractivity contribution in [3.8, 4) is 0 Å². The molecule has 0 spiro atoms. The number of hydrogen-bond acceptors (Lipinski definition) is 6. The van der Waals surface area contributed by atoms with Gasteiger partial charge in [-0.05, 0) is 30.9 Å². The van der Waals surface area contributed by atoms with Gasteiger partial charge >= 0.3 is 5.97 Å². The van der Waals surface area contributed by atoms with Gasteiger partial charge in [-0.25, -0.2) is 4.79 Å². The van der Waals surface area contributed by atoms with Crippen LogP contribution in [-0.2, 0) is 30.4 Å². The van der Waals surface area contributed by atoms with Crippen LogP contribution in [0.2, 0.25) is 0 Å². The van der Waals surface area contributed by atoms with Gasteiger partial charge < -0.3 is 26.4 Å². The highest BCUT2D eigenvalue weighted by Crippen LogP contribution is 2.19. The Labute approximate surface area is 185 Å². The summed E-state index contributed by atoms with van der Waals surface area (Å²) in [6, 6.07) is 0.285. The number of pyridine rings is 1. The van der Waals surface area contributed by atoms with Gasteiger partial charge in [-0.1, -0.05) is 13.0 Å². The lowest BCUT2D eigenvalue weighted by atomic mass is 10.0. The lowest BCUT2D eigenvalue weighted by molar-refractivity contribution is -0.143. The summed E-state index contributed by atoms with van der Waals surface area (Å²) in [5, 5.41) is 14.4. The van der Waals surface area contributed by atoms with E-state index in [1.54, 1.807) is 25.3 Å². The summed E-state index contributed by atoms with van der Waals surface area (Å²) in [4.78, 5) is 66.0. The van der Waals surface area contributed by atoms with E-state index >= 15 is 0 Å². The number of aromatic nitrogens is 1. The molecule has 5 N–H and O–H groups in total. The highest BCUT2D eigenvalue weighted by Gasteiger charge is 2.35. The summed E-state index contributed by atoms with van der Waals surface area (Å²) in [5.74, 6) is -3.34. The topological polar surface area (TPSA) is 172 Å². The fourth-order valence-corrected chi connectivity index (χ4v) is 3.59. The van der Waals surface area contributed by atoms with E-state index in [0.29, 0.717) is 24.9 Å². The number of carbonyl (C=O) groups is 5. The van der Waals surface area contributed by atoms with Gasteiger partial charge in [0, 0.05) is 38.2 Å². The van der Waals surface area contributed by atoms with Crippen molar-refractivity contribution in [1.29, 1.82) is 0 Å². The molecule has 0 unspecified atom stereocenters. The van der Waals surface area contributed by atoms with Crippen molar-refractivity contribution >= 4 is 29.6 Å². The van der Waals surface area contributed by atoms with E-state index in [0.717, 1.165) is 0 Å². The van der Waals surface area contributed by atoms with Crippen molar-refractivity contribution in [2.45, 2.75) is 63.6 Å². The van der Waals surface area contributed by atoms with Gasteiger partial charge in [0.25, 0.3) is 0 Å². The second-order valence-electron chi connectivity index (χ2n) is 7.63. The lowest BCUT2D eigenvalue weighted by Gasteiger charge is -2.27. The van der Waals surface area contributed by atoms with Gasteiger partial charge in [0.2, 0.25) is 23.6 Å². The Kier molecular flexibility index (Phi) is 9.11. The van der Waals surface area contributed by atoms with E-state index in [1.165, 1.54) is 11.1 Å². The van der Waals surface area contributed by atoms with Crippen molar-refractivity contribution in [2.24, 2.45) is 5.73 Å². The van der Waals surface area contributed by atoms with E-state index in [4.69, 9.17) is 5.73 Å². The standard InChI is InChI=1S/C21H29N5O6/c1-2-18(28)26-10-4-6-16(26)20(30)25-15(11-13-5-3-9-23-12-13)19(29)24-14(21(31)32)7-8-17(22)27/h3,5,9,12,14-16H,2,4,6-8,10-11H2,1H3,(H2,22,27)(H,24,29)(H,25,30)(H,31,32)/t14-,15-,16-/m0/s1. The van der Waals surface area contributed by atoms with E-state index in [9.17, 15) is 29.1 Å². The number of rotatable bonds is 11. The summed E-state index contributed by atoms with van der Waals surface area (Å²) in [7, 11) is 0. The van der Waals surface area contributed by atoms with Crippen LogP contribution in [0.1, 0.15) is 44.6 Å². The highest BCUT2D eigenvalue weighted by molar-refractivity contribution is 5.94. The molecule has 1 aromatic rings. The summed E-state index contributed by atoms with van der Waals surface area (Å²) in [6.45, 7) is 2.19. The smallest absolute Gasteiger partial charge is 0.326 e. The number of nitrogens with zero attached hydrogens (tertiary/aromatic N) is 2. The van der Waals surface area contributed by atoms with Gasteiger partial charge in [0.05, 0.1) is 0 Å². The molecule has 1 saturated heterocycles. The molecule has 1 aromatic heterocycles. The van der Waals surface area contributed by atoms with Crippen LogP contribution in [0, 0.1) is 0 Å². The SMILES string of the molecule is CCC(=O)N1CCC[C@H]1C(=O)N[C@@H](Cc1cccnc1)C(=O)N[C@@H](CCC(N)=O)C(=O)O. The van der Waals surface area contributed by atoms with E-state index in [1.807, 2.05) is 0 Å². The van der Waals surface area contributed by atoms with Crippen LogP contribution in [0.4, 0.5) is 0 Å². The quantitative estimate of drug-likeness (QED) is 0.349. The first-order valence-electron chi connectivity index (χ1n) is 10.5. The summed E-state index contributed by atoms with van der Waals surface area (Å²) >= 11 is 0. The van der Waals surface area contributed by atoms with Crippen LogP contribution in [-0.4, -0.2) is 69.3 Å². The molecule has 0 saturated carbocycles. The number of aliphatic carboxylic acids is 1. The molecule has 2 rings (SSSR count). The first-order chi connectivity index (χ1) is 15.2. The summed E-state index contributed by atoms with van der Waals surface area (Å²) in [5.41, 5.74) is 5.73. The first-order valence-corrected chi connectivity index (χ1v) is 10.5. The molecule has 1 fully saturated rings. The van der Waals surface area contributed by atoms with Crippen LogP contribution in [0.25, 0.3) is 0 Å². The van der Waals surface area contributed by atoms with Gasteiger partial charge in [-0.2, -0.15) is 0 Å². The van der Waals surface area contributed by atoms with Gasteiger partial charge in [-0.15, -0.1) is 0 Å². The first kappa shape index (κ1) is 24.8. The third-order valence-electron chi connectivity index (χ3n) is 5.27. The van der Waals surface area contributed by atoms with E-state index < -0.39 is 41.8 Å². The van der Waals surface area contributed by atoms with Crippen molar-refractivity contribution < 1.29 is 29.1 Å². The maximum Gasteiger partial charge on any atom is 0.326 e. The van der Waals surface area contributed by atoms with Crippen LogP contribution in [0.5, 0.6) is 0 Å². The second-order valence-corrected chi connectivity index (χ2v) is 7.63. The van der Waals surface area contributed by atoms with Gasteiger partial charge in [-0.3, -0.25) is 24.2 Å². The van der Waals surface area contributed by atoms with E-state index in [2.05, 4.69) is 15.6 Å². The minimum atomic E-state index is -1.34. The Morgan fingerprint density at radius 2 is 2.00 bits per heavy atom. The van der Waals surface area contributed by atoms with Crippen LogP contribution < -0.4 is 16.4 Å². The maximum absolute atomic E-state index is 12.9. The molecule has 0 aliphatic carbocycles. The Hall–Kier alpha value is -3.50. The van der Waals surface area contributed by atoms with E-state index in [-0.39, 0.29) is 31.6 Å². The molecule has 11 heteroatoms. The molecule has 1 aliphatic rings. The predicted octanol–water partition coefficient (Wildman–Crippen LogP) is -0.655. The molecule has 2 heterocycles. The molecule has 11 nitrogen and oxygen atoms in total. The maximum atomic E-state index is 12.9. The van der Waals surface area contributed by atoms with Gasteiger partial charge in [0.15, 0.2) is 0 Å². The minimum absolute atomic E-state index is 0.0714. The Balaban J connectivity index is 2.16. The van der Waals surface area contributed by atoms with Crippen molar-refractivity contribution in [2.75, 3.05) is 6.54 Å². The molecule has 174 valence electrons. The largest absolute Gasteiger partial charge is 0.480 e. The molecule has 32 heavy (non-hydrogen) atoms. The number of carbonyl (C=O) groups excluding carboxylic acids is 4. The fraction of sp³-hybridized carbons (Fsp3) is 0.524.